The average molecular weight is 364 g/mol. The second-order valence-electron chi connectivity index (χ2n) is 8.03. The van der Waals surface area contributed by atoms with Gasteiger partial charge in [-0.2, -0.15) is 0 Å². The summed E-state index contributed by atoms with van der Waals surface area (Å²) in [6.07, 6.45) is 8.11. The van der Waals surface area contributed by atoms with Crippen molar-refractivity contribution in [1.82, 2.24) is 4.90 Å². The fourth-order valence-corrected chi connectivity index (χ4v) is 4.82. The van der Waals surface area contributed by atoms with Gasteiger partial charge in [-0.3, -0.25) is 4.74 Å². The lowest BCUT2D eigenvalue weighted by Crippen LogP contribution is -2.47. The quantitative estimate of drug-likeness (QED) is 0.664. The number of rotatable bonds is 1. The van der Waals surface area contributed by atoms with Crippen molar-refractivity contribution in [1.29, 1.82) is 0 Å². The van der Waals surface area contributed by atoms with E-state index in [1.165, 1.54) is 0 Å². The lowest BCUT2D eigenvalue weighted by atomic mass is 9.93. The smallest absolute Gasteiger partial charge is 0.410 e. The second kappa shape index (κ2) is 5.84. The van der Waals surface area contributed by atoms with Crippen molar-refractivity contribution in [2.45, 2.75) is 75.5 Å². The predicted molar refractivity (Wildman–Crippen MR) is 88.0 cm³/mol. The van der Waals surface area contributed by atoms with Gasteiger partial charge in [-0.15, -0.1) is 0 Å². The fourth-order valence-electron chi connectivity index (χ4n) is 4.82. The Bertz CT molecular complexity index is 652. The summed E-state index contributed by atoms with van der Waals surface area (Å²) in [5, 5.41) is 4.07. The second-order valence-corrected chi connectivity index (χ2v) is 8.03. The highest BCUT2D eigenvalue weighted by Gasteiger charge is 2.69. The third kappa shape index (κ3) is 2.41. The minimum atomic E-state index is -1.53. The molecule has 142 valence electrons. The summed E-state index contributed by atoms with van der Waals surface area (Å²) in [5.74, 6) is -3.37. The molecule has 2 spiro atoms. The minimum absolute atomic E-state index is 0.00768. The Hall–Kier alpha value is -1.83. The molecule has 8 heteroatoms. The van der Waals surface area contributed by atoms with Crippen LogP contribution >= 0.6 is 0 Å². The van der Waals surface area contributed by atoms with Gasteiger partial charge >= 0.3 is 17.8 Å². The van der Waals surface area contributed by atoms with Crippen LogP contribution in [0.15, 0.2) is 5.16 Å². The topological polar surface area (TPSA) is 86.7 Å². The number of amides is 1. The van der Waals surface area contributed by atoms with Crippen molar-refractivity contribution in [2.75, 3.05) is 13.1 Å². The molecule has 2 saturated carbocycles. The molecular formula is C18H24N2O6. The monoisotopic (exact) mass is 364 g/mol. The molecular weight excluding hydrogens is 340 g/mol. The molecule has 4 fully saturated rings. The van der Waals surface area contributed by atoms with E-state index in [1.807, 2.05) is 0 Å². The Balaban J connectivity index is 1.30. The molecule has 0 aromatic heterocycles. The molecule has 0 aromatic carbocycles. The normalized spacial score (nSPS) is 35.5. The number of carbonyl (C=O) groups excluding carboxylic acids is 2. The number of fused-ring (bicyclic) bond motifs is 2. The van der Waals surface area contributed by atoms with E-state index in [0.717, 1.165) is 44.9 Å². The van der Waals surface area contributed by atoms with Crippen LogP contribution in [0, 0.1) is 5.92 Å². The van der Waals surface area contributed by atoms with Gasteiger partial charge in [-0.25, -0.2) is 9.59 Å². The Morgan fingerprint density at radius 3 is 2.69 bits per heavy atom. The molecule has 3 heterocycles. The van der Waals surface area contributed by atoms with Crippen molar-refractivity contribution in [2.24, 2.45) is 11.1 Å². The van der Waals surface area contributed by atoms with Gasteiger partial charge in [0.05, 0.1) is 18.2 Å². The van der Waals surface area contributed by atoms with E-state index in [1.54, 1.807) is 4.90 Å². The van der Waals surface area contributed by atoms with Crippen LogP contribution in [0.5, 0.6) is 0 Å². The standard InChI is InChI=1S/C18H24N2O6/c21-15-18(25-17(24-15)8-4-1-5-9-17)13-10-20(11-14(13)19-26-18)16(22)23-12-6-2-3-7-12/h12-13H,1-11H2. The zero-order valence-corrected chi connectivity index (χ0v) is 14.8. The number of likely N-dealkylation sites (tertiary alicyclic amines) is 1. The van der Waals surface area contributed by atoms with Crippen LogP contribution in [0.25, 0.3) is 0 Å². The van der Waals surface area contributed by atoms with E-state index in [-0.39, 0.29) is 12.2 Å². The number of nitrogens with zero attached hydrogens (tertiary/aromatic N) is 2. The van der Waals surface area contributed by atoms with Crippen LogP contribution in [0.2, 0.25) is 0 Å². The Kier molecular flexibility index (Phi) is 3.67. The summed E-state index contributed by atoms with van der Waals surface area (Å²) in [7, 11) is 0. The van der Waals surface area contributed by atoms with Crippen molar-refractivity contribution in [3.8, 4) is 0 Å². The SMILES string of the molecule is O=C(OC1CCCC1)N1CC2=NOC3(OC4(CCCCC4)OC3=O)C2C1. The number of oxime groups is 1. The molecule has 0 aromatic rings. The summed E-state index contributed by atoms with van der Waals surface area (Å²) in [4.78, 5) is 32.2. The van der Waals surface area contributed by atoms with Crippen molar-refractivity contribution < 1.29 is 28.6 Å². The highest BCUT2D eigenvalue weighted by molar-refractivity contribution is 6.00. The van der Waals surface area contributed by atoms with Gasteiger partial charge in [-0.1, -0.05) is 11.6 Å². The predicted octanol–water partition coefficient (Wildman–Crippen LogP) is 2.31. The van der Waals surface area contributed by atoms with Gasteiger partial charge in [0.2, 0.25) is 5.79 Å². The molecule has 5 aliphatic rings. The number of esters is 1. The van der Waals surface area contributed by atoms with E-state index < -0.39 is 23.5 Å². The molecule has 5 rings (SSSR count). The van der Waals surface area contributed by atoms with Crippen LogP contribution in [-0.4, -0.2) is 53.4 Å². The van der Waals surface area contributed by atoms with Gasteiger partial charge in [0.1, 0.15) is 6.10 Å². The van der Waals surface area contributed by atoms with E-state index in [0.29, 0.717) is 31.6 Å². The molecule has 1 amide bonds. The molecule has 8 nitrogen and oxygen atoms in total. The van der Waals surface area contributed by atoms with Crippen LogP contribution in [0.3, 0.4) is 0 Å². The van der Waals surface area contributed by atoms with Crippen molar-refractivity contribution >= 4 is 17.8 Å². The molecule has 26 heavy (non-hydrogen) atoms. The molecule has 0 bridgehead atoms. The maximum Gasteiger partial charge on any atom is 0.410 e. The summed E-state index contributed by atoms with van der Waals surface area (Å²) >= 11 is 0. The first-order chi connectivity index (χ1) is 12.6. The van der Waals surface area contributed by atoms with Gasteiger partial charge in [-0.05, 0) is 38.5 Å². The highest BCUT2D eigenvalue weighted by Crippen LogP contribution is 2.49. The lowest BCUT2D eigenvalue weighted by Gasteiger charge is -2.32. The summed E-state index contributed by atoms with van der Waals surface area (Å²) in [6.45, 7) is 0.608. The van der Waals surface area contributed by atoms with E-state index in [4.69, 9.17) is 19.0 Å². The number of hydrogen-bond acceptors (Lipinski definition) is 7. The summed E-state index contributed by atoms with van der Waals surface area (Å²) < 4.78 is 17.4. The van der Waals surface area contributed by atoms with Gasteiger partial charge < -0.3 is 19.2 Å². The lowest BCUT2D eigenvalue weighted by molar-refractivity contribution is -0.276. The Labute approximate surface area is 151 Å². The first kappa shape index (κ1) is 16.4. The largest absolute Gasteiger partial charge is 0.446 e. The van der Waals surface area contributed by atoms with Crippen LogP contribution in [-0.2, 0) is 23.8 Å². The van der Waals surface area contributed by atoms with Crippen LogP contribution in [0.4, 0.5) is 4.79 Å². The molecule has 0 N–H and O–H groups in total. The van der Waals surface area contributed by atoms with Gasteiger partial charge in [0.15, 0.2) is 0 Å². The first-order valence-electron chi connectivity index (χ1n) is 9.74. The van der Waals surface area contributed by atoms with E-state index >= 15 is 0 Å². The molecule has 2 unspecified atom stereocenters. The average Bonchev–Trinajstić information content (AvgIpc) is 3.36. The molecule has 2 atom stereocenters. The summed E-state index contributed by atoms with van der Waals surface area (Å²) in [5.41, 5.74) is 0.651. The molecule has 0 radical (unpaired) electrons. The maximum absolute atomic E-state index is 12.7. The van der Waals surface area contributed by atoms with Crippen molar-refractivity contribution in [3.63, 3.8) is 0 Å². The minimum Gasteiger partial charge on any atom is -0.446 e. The number of carbonyl (C=O) groups is 2. The first-order valence-corrected chi connectivity index (χ1v) is 9.74. The van der Waals surface area contributed by atoms with Gasteiger partial charge in [0, 0.05) is 19.4 Å². The van der Waals surface area contributed by atoms with Crippen molar-refractivity contribution in [3.05, 3.63) is 0 Å². The maximum atomic E-state index is 12.7. The number of hydrogen-bond donors (Lipinski definition) is 0. The summed E-state index contributed by atoms with van der Waals surface area (Å²) in [6, 6.07) is 0. The van der Waals surface area contributed by atoms with Gasteiger partial charge in [0.25, 0.3) is 0 Å². The Morgan fingerprint density at radius 1 is 1.15 bits per heavy atom. The molecule has 3 aliphatic heterocycles. The third-order valence-electron chi connectivity index (χ3n) is 6.26. The zero-order chi connectivity index (χ0) is 17.8. The zero-order valence-electron chi connectivity index (χ0n) is 14.8. The van der Waals surface area contributed by atoms with E-state index in [9.17, 15) is 9.59 Å². The van der Waals surface area contributed by atoms with E-state index in [2.05, 4.69) is 5.16 Å². The van der Waals surface area contributed by atoms with Crippen LogP contribution in [0.1, 0.15) is 57.8 Å². The fraction of sp³-hybridized carbons (Fsp3) is 0.833. The third-order valence-corrected chi connectivity index (χ3v) is 6.26. The van der Waals surface area contributed by atoms with Crippen LogP contribution < -0.4 is 0 Å². The number of ether oxygens (including phenoxy) is 3. The Morgan fingerprint density at radius 2 is 1.92 bits per heavy atom. The highest BCUT2D eigenvalue weighted by atomic mass is 16.9. The molecule has 2 saturated heterocycles. The molecule has 2 aliphatic carbocycles.